The molecule has 0 saturated carbocycles. The van der Waals surface area contributed by atoms with E-state index in [1.165, 1.54) is 0 Å². The van der Waals surface area contributed by atoms with Gasteiger partial charge in [0.25, 0.3) is 5.91 Å². The smallest absolute Gasteiger partial charge is 0.258 e. The predicted molar refractivity (Wildman–Crippen MR) is 163 cm³/mol. The molecule has 2 amide bonds. The van der Waals surface area contributed by atoms with E-state index in [1.54, 1.807) is 32.4 Å². The van der Waals surface area contributed by atoms with Gasteiger partial charge < -0.3 is 25.0 Å². The number of methoxy groups -OCH3 is 2. The van der Waals surface area contributed by atoms with Gasteiger partial charge in [-0.1, -0.05) is 6.58 Å². The zero-order chi connectivity index (χ0) is 31.0. The van der Waals surface area contributed by atoms with Crippen LogP contribution in [0.25, 0.3) is 0 Å². The molecule has 0 radical (unpaired) electrons. The SMILES string of the molecule is C=CC(=O)Nc1cc(N2CCN(CCC(C)(F)F)CC2)ccc1C(=O)Nc1cc(CCc2cc(OC)cc(OC)c2)[nH]n1. The van der Waals surface area contributed by atoms with E-state index in [0.717, 1.165) is 29.9 Å². The molecule has 1 aliphatic heterocycles. The van der Waals surface area contributed by atoms with Gasteiger partial charge in [-0.25, -0.2) is 8.78 Å². The summed E-state index contributed by atoms with van der Waals surface area (Å²) in [5.74, 6) is -1.81. The number of anilines is 3. The standard InChI is InChI=1S/C31H38F2N6O4/c1-5-29(40)34-27-19-23(39-14-12-38(13-15-39)11-10-31(2,32)33)8-9-26(27)30(41)35-28-18-22(36-37-28)7-6-21-16-24(42-3)20-25(17-21)43-4/h5,8-9,16-20H,1,6-7,10-15H2,2-4H3,(H,34,40)(H2,35,36,37,41). The molecule has 2 aromatic carbocycles. The number of benzene rings is 2. The maximum absolute atomic E-state index is 13.3. The van der Waals surface area contributed by atoms with Crippen molar-refractivity contribution in [1.29, 1.82) is 0 Å². The molecule has 3 aromatic rings. The van der Waals surface area contributed by atoms with Crippen molar-refractivity contribution in [3.8, 4) is 11.5 Å². The number of aromatic amines is 1. The molecule has 12 heteroatoms. The Morgan fingerprint density at radius 1 is 1.02 bits per heavy atom. The van der Waals surface area contributed by atoms with Gasteiger partial charge in [0.1, 0.15) is 11.5 Å². The maximum atomic E-state index is 13.3. The summed E-state index contributed by atoms with van der Waals surface area (Å²) in [7, 11) is 3.21. The third kappa shape index (κ3) is 9.02. The first-order valence-corrected chi connectivity index (χ1v) is 14.1. The molecule has 0 aliphatic carbocycles. The van der Waals surface area contributed by atoms with Gasteiger partial charge in [0, 0.05) is 62.7 Å². The van der Waals surface area contributed by atoms with Crippen LogP contribution >= 0.6 is 0 Å². The zero-order valence-electron chi connectivity index (χ0n) is 24.7. The van der Waals surface area contributed by atoms with Crippen molar-refractivity contribution in [3.63, 3.8) is 0 Å². The number of carbonyl (C=O) groups excluding carboxylic acids is 2. The van der Waals surface area contributed by atoms with Gasteiger partial charge in [0.2, 0.25) is 11.8 Å². The monoisotopic (exact) mass is 596 g/mol. The quantitative estimate of drug-likeness (QED) is 0.244. The summed E-state index contributed by atoms with van der Waals surface area (Å²) in [5, 5.41) is 12.7. The lowest BCUT2D eigenvalue weighted by molar-refractivity contribution is -0.111. The van der Waals surface area contributed by atoms with Crippen LogP contribution in [0.4, 0.5) is 26.0 Å². The minimum absolute atomic E-state index is 0.177. The van der Waals surface area contributed by atoms with Crippen LogP contribution in [-0.4, -0.2) is 79.8 Å². The molecule has 1 aromatic heterocycles. The Labute approximate surface area is 250 Å². The Balaban J connectivity index is 1.41. The third-order valence-corrected chi connectivity index (χ3v) is 7.26. The van der Waals surface area contributed by atoms with Crippen molar-refractivity contribution in [3.05, 3.63) is 71.9 Å². The molecule has 43 heavy (non-hydrogen) atoms. The molecule has 3 N–H and O–H groups in total. The van der Waals surface area contributed by atoms with E-state index in [9.17, 15) is 18.4 Å². The van der Waals surface area contributed by atoms with E-state index in [4.69, 9.17) is 9.47 Å². The molecule has 230 valence electrons. The van der Waals surface area contributed by atoms with Crippen molar-refractivity contribution >= 4 is 29.0 Å². The molecule has 0 unspecified atom stereocenters. The van der Waals surface area contributed by atoms with Crippen LogP contribution in [0.1, 0.15) is 35.0 Å². The molecule has 1 aliphatic rings. The van der Waals surface area contributed by atoms with E-state index in [-0.39, 0.29) is 12.0 Å². The van der Waals surface area contributed by atoms with Gasteiger partial charge in [0.05, 0.1) is 25.5 Å². The van der Waals surface area contributed by atoms with Gasteiger partial charge in [-0.05, 0) is 61.7 Å². The van der Waals surface area contributed by atoms with Crippen LogP contribution in [0.5, 0.6) is 11.5 Å². The number of hydrogen-bond acceptors (Lipinski definition) is 7. The van der Waals surface area contributed by atoms with Crippen LogP contribution in [-0.2, 0) is 17.6 Å². The summed E-state index contributed by atoms with van der Waals surface area (Å²) >= 11 is 0. The van der Waals surface area contributed by atoms with Crippen LogP contribution in [0.15, 0.2) is 55.1 Å². The number of amides is 2. The number of rotatable bonds is 13. The van der Waals surface area contributed by atoms with Gasteiger partial charge in [0.15, 0.2) is 5.82 Å². The molecule has 4 rings (SSSR count). The molecule has 1 fully saturated rings. The number of carbonyl (C=O) groups is 2. The second-order valence-electron chi connectivity index (χ2n) is 10.5. The second kappa shape index (κ2) is 14.1. The summed E-state index contributed by atoms with van der Waals surface area (Å²) in [4.78, 5) is 29.6. The van der Waals surface area contributed by atoms with E-state index in [1.807, 2.05) is 29.2 Å². The largest absolute Gasteiger partial charge is 0.497 e. The molecule has 10 nitrogen and oxygen atoms in total. The van der Waals surface area contributed by atoms with Gasteiger partial charge in [-0.15, -0.1) is 0 Å². The van der Waals surface area contributed by atoms with E-state index < -0.39 is 17.7 Å². The van der Waals surface area contributed by atoms with Crippen molar-refractivity contribution < 1.29 is 27.8 Å². The Morgan fingerprint density at radius 2 is 1.72 bits per heavy atom. The number of hydrogen-bond donors (Lipinski definition) is 3. The molecular weight excluding hydrogens is 558 g/mol. The summed E-state index contributed by atoms with van der Waals surface area (Å²) in [5.41, 5.74) is 3.26. The fourth-order valence-corrected chi connectivity index (χ4v) is 4.83. The fraction of sp³-hybridized carbons (Fsp3) is 0.387. The van der Waals surface area contributed by atoms with Crippen molar-refractivity contribution in [2.24, 2.45) is 0 Å². The Kier molecular flexibility index (Phi) is 10.4. The highest BCUT2D eigenvalue weighted by atomic mass is 19.3. The fourth-order valence-electron chi connectivity index (χ4n) is 4.83. The predicted octanol–water partition coefficient (Wildman–Crippen LogP) is 4.76. The van der Waals surface area contributed by atoms with E-state index in [2.05, 4.69) is 32.3 Å². The minimum Gasteiger partial charge on any atom is -0.497 e. The molecule has 1 saturated heterocycles. The number of alkyl halides is 2. The lowest BCUT2D eigenvalue weighted by atomic mass is 10.1. The Bertz CT molecular complexity index is 1410. The average Bonchev–Trinajstić information content (AvgIpc) is 3.45. The normalized spacial score (nSPS) is 13.8. The zero-order valence-corrected chi connectivity index (χ0v) is 24.7. The highest BCUT2D eigenvalue weighted by Gasteiger charge is 2.25. The maximum Gasteiger partial charge on any atom is 0.258 e. The van der Waals surface area contributed by atoms with Gasteiger partial charge >= 0.3 is 0 Å². The molecular formula is C31H38F2N6O4. The van der Waals surface area contributed by atoms with Gasteiger partial charge in [-0.2, -0.15) is 5.10 Å². The molecule has 0 atom stereocenters. The van der Waals surface area contributed by atoms with Crippen LogP contribution in [0.3, 0.4) is 0 Å². The van der Waals surface area contributed by atoms with Crippen LogP contribution < -0.4 is 25.0 Å². The number of piperazine rings is 1. The van der Waals surface area contributed by atoms with Crippen molar-refractivity contribution in [2.75, 3.05) is 62.5 Å². The lowest BCUT2D eigenvalue weighted by Crippen LogP contribution is -2.47. The average molecular weight is 597 g/mol. The lowest BCUT2D eigenvalue weighted by Gasteiger charge is -2.36. The van der Waals surface area contributed by atoms with Crippen LogP contribution in [0, 0.1) is 0 Å². The summed E-state index contributed by atoms with van der Waals surface area (Å²) in [6.45, 7) is 7.32. The van der Waals surface area contributed by atoms with Gasteiger partial charge in [-0.3, -0.25) is 19.6 Å². The second-order valence-corrected chi connectivity index (χ2v) is 10.5. The molecule has 0 spiro atoms. The van der Waals surface area contributed by atoms with Crippen molar-refractivity contribution in [1.82, 2.24) is 15.1 Å². The highest BCUT2D eigenvalue weighted by molar-refractivity contribution is 6.11. The van der Waals surface area contributed by atoms with Crippen LogP contribution in [0.2, 0.25) is 0 Å². The number of aryl methyl sites for hydroxylation is 2. The summed E-state index contributed by atoms with van der Waals surface area (Å²) < 4.78 is 37.2. The summed E-state index contributed by atoms with van der Waals surface area (Å²) in [6, 6.07) is 12.7. The third-order valence-electron chi connectivity index (χ3n) is 7.26. The highest BCUT2D eigenvalue weighted by Crippen LogP contribution is 2.27. The number of H-pyrrole nitrogens is 1. The number of ether oxygens (including phenoxy) is 2. The van der Waals surface area contributed by atoms with E-state index in [0.29, 0.717) is 68.6 Å². The first-order valence-electron chi connectivity index (χ1n) is 14.1. The molecule has 0 bridgehead atoms. The Hall–Kier alpha value is -4.45. The summed E-state index contributed by atoms with van der Waals surface area (Å²) in [6.07, 6.45) is 2.29. The number of halogens is 2. The number of nitrogens with zero attached hydrogens (tertiary/aromatic N) is 3. The van der Waals surface area contributed by atoms with E-state index >= 15 is 0 Å². The van der Waals surface area contributed by atoms with Crippen molar-refractivity contribution in [2.45, 2.75) is 32.1 Å². The number of nitrogens with one attached hydrogen (secondary N) is 3. The number of aromatic nitrogens is 2. The first kappa shape index (κ1) is 31.5. The first-order chi connectivity index (χ1) is 20.6. The minimum atomic E-state index is -2.69. The topological polar surface area (TPSA) is 112 Å². The Morgan fingerprint density at radius 3 is 2.35 bits per heavy atom. The molecule has 2 heterocycles.